The molecule has 0 unspecified atom stereocenters. The normalized spacial score (nSPS) is 9.65. The van der Waals surface area contributed by atoms with E-state index in [1.807, 2.05) is 49.3 Å². The highest BCUT2D eigenvalue weighted by atomic mass is 16.1. The summed E-state index contributed by atoms with van der Waals surface area (Å²) in [5.74, 6) is -0.262. The topological polar surface area (TPSA) is 69.0 Å². The summed E-state index contributed by atoms with van der Waals surface area (Å²) in [5.41, 5.74) is 2.39. The number of aromatic nitrogens is 1. The first-order chi connectivity index (χ1) is 9.60. The Labute approximate surface area is 117 Å². The second-order valence-electron chi connectivity index (χ2n) is 4.44. The highest BCUT2D eigenvalue weighted by Gasteiger charge is 2.07. The van der Waals surface area contributed by atoms with Crippen LogP contribution < -0.4 is 10.2 Å². The van der Waals surface area contributed by atoms with Crippen molar-refractivity contribution >= 4 is 17.3 Å². The lowest BCUT2D eigenvalue weighted by molar-refractivity contribution is 0.102. The van der Waals surface area contributed by atoms with Crippen molar-refractivity contribution < 1.29 is 4.79 Å². The number of pyridine rings is 1. The van der Waals surface area contributed by atoms with Gasteiger partial charge in [-0.25, -0.2) is 4.98 Å². The zero-order valence-electron chi connectivity index (χ0n) is 11.3. The number of nitrogens with zero attached hydrogens (tertiary/aromatic N) is 3. The standard InChI is InChI=1S/C15H14N4O/c1-19(2)14-5-3-12(4-6-14)18-15(20)11-7-8-17-13(9-11)10-16/h3-9H,1-2H3,(H,18,20). The molecule has 5 nitrogen and oxygen atoms in total. The third-order valence-electron chi connectivity index (χ3n) is 2.78. The Morgan fingerprint density at radius 2 is 1.95 bits per heavy atom. The summed E-state index contributed by atoms with van der Waals surface area (Å²) >= 11 is 0. The Bertz CT molecular complexity index is 656. The SMILES string of the molecule is CN(C)c1ccc(NC(=O)c2ccnc(C#N)c2)cc1. The van der Waals surface area contributed by atoms with Gasteiger partial charge in [-0.15, -0.1) is 0 Å². The van der Waals surface area contributed by atoms with Crippen LogP contribution in [0.5, 0.6) is 0 Å². The van der Waals surface area contributed by atoms with Gasteiger partial charge in [0.2, 0.25) is 0 Å². The molecule has 1 aromatic carbocycles. The molecule has 0 fully saturated rings. The van der Waals surface area contributed by atoms with Crippen molar-refractivity contribution in [2.45, 2.75) is 0 Å². The third-order valence-corrected chi connectivity index (χ3v) is 2.78. The average Bonchev–Trinajstić information content (AvgIpc) is 2.47. The Hall–Kier alpha value is -2.87. The van der Waals surface area contributed by atoms with E-state index in [4.69, 9.17) is 5.26 Å². The summed E-state index contributed by atoms with van der Waals surface area (Å²) in [4.78, 5) is 17.9. The molecule has 0 saturated carbocycles. The number of carbonyl (C=O) groups excluding carboxylic acids is 1. The van der Waals surface area contributed by atoms with E-state index in [1.165, 1.54) is 12.3 Å². The highest BCUT2D eigenvalue weighted by Crippen LogP contribution is 2.16. The number of hydrogen-bond donors (Lipinski definition) is 1. The molecule has 5 heteroatoms. The lowest BCUT2D eigenvalue weighted by Gasteiger charge is -2.13. The van der Waals surface area contributed by atoms with Crippen molar-refractivity contribution in [2.24, 2.45) is 0 Å². The summed E-state index contributed by atoms with van der Waals surface area (Å²) in [6, 6.07) is 12.4. The van der Waals surface area contributed by atoms with Gasteiger partial charge in [0.15, 0.2) is 0 Å². The van der Waals surface area contributed by atoms with Gasteiger partial charge in [-0.1, -0.05) is 0 Å². The molecule has 2 rings (SSSR count). The quantitative estimate of drug-likeness (QED) is 0.925. The van der Waals surface area contributed by atoms with Crippen LogP contribution in [-0.2, 0) is 0 Å². The fourth-order valence-corrected chi connectivity index (χ4v) is 1.68. The second kappa shape index (κ2) is 5.85. The maximum atomic E-state index is 12.0. The smallest absolute Gasteiger partial charge is 0.255 e. The first-order valence-corrected chi connectivity index (χ1v) is 6.05. The van der Waals surface area contributed by atoms with Crippen molar-refractivity contribution in [1.82, 2.24) is 4.98 Å². The van der Waals surface area contributed by atoms with Crippen LogP contribution in [0.25, 0.3) is 0 Å². The Morgan fingerprint density at radius 1 is 1.25 bits per heavy atom. The molecule has 0 aliphatic heterocycles. The molecule has 2 aromatic rings. The van der Waals surface area contributed by atoms with Crippen LogP contribution in [0.15, 0.2) is 42.6 Å². The summed E-state index contributed by atoms with van der Waals surface area (Å²) in [7, 11) is 3.90. The van der Waals surface area contributed by atoms with Gasteiger partial charge in [0.05, 0.1) is 0 Å². The summed E-state index contributed by atoms with van der Waals surface area (Å²) in [6.45, 7) is 0. The molecule has 0 atom stereocenters. The number of carbonyl (C=O) groups is 1. The number of nitriles is 1. The van der Waals surface area contributed by atoms with Crippen molar-refractivity contribution in [1.29, 1.82) is 5.26 Å². The van der Waals surface area contributed by atoms with Crippen LogP contribution in [-0.4, -0.2) is 25.0 Å². The van der Waals surface area contributed by atoms with Gasteiger partial charge >= 0.3 is 0 Å². The van der Waals surface area contributed by atoms with E-state index in [9.17, 15) is 4.79 Å². The fourth-order valence-electron chi connectivity index (χ4n) is 1.68. The molecule has 1 heterocycles. The minimum Gasteiger partial charge on any atom is -0.378 e. The van der Waals surface area contributed by atoms with E-state index in [0.717, 1.165) is 5.69 Å². The highest BCUT2D eigenvalue weighted by molar-refractivity contribution is 6.04. The van der Waals surface area contributed by atoms with Gasteiger partial charge in [-0.2, -0.15) is 5.26 Å². The summed E-state index contributed by atoms with van der Waals surface area (Å²) < 4.78 is 0. The van der Waals surface area contributed by atoms with Crippen molar-refractivity contribution in [3.63, 3.8) is 0 Å². The largest absolute Gasteiger partial charge is 0.378 e. The molecule has 0 bridgehead atoms. The van der Waals surface area contributed by atoms with Crippen molar-refractivity contribution in [3.8, 4) is 6.07 Å². The second-order valence-corrected chi connectivity index (χ2v) is 4.44. The Kier molecular flexibility index (Phi) is 3.96. The first kappa shape index (κ1) is 13.6. The number of hydrogen-bond acceptors (Lipinski definition) is 4. The molecule has 0 saturated heterocycles. The Morgan fingerprint density at radius 3 is 2.55 bits per heavy atom. The maximum absolute atomic E-state index is 12.0. The monoisotopic (exact) mass is 266 g/mol. The van der Waals surface area contributed by atoms with Crippen molar-refractivity contribution in [3.05, 3.63) is 53.9 Å². The van der Waals surface area contributed by atoms with Crippen LogP contribution in [0.4, 0.5) is 11.4 Å². The van der Waals surface area contributed by atoms with Gasteiger partial charge in [-0.3, -0.25) is 4.79 Å². The fraction of sp³-hybridized carbons (Fsp3) is 0.133. The molecule has 0 aliphatic carbocycles. The molecule has 1 amide bonds. The zero-order chi connectivity index (χ0) is 14.5. The molecule has 1 aromatic heterocycles. The van der Waals surface area contributed by atoms with Gasteiger partial charge in [0.25, 0.3) is 5.91 Å². The van der Waals surface area contributed by atoms with Gasteiger partial charge in [0.1, 0.15) is 11.8 Å². The summed E-state index contributed by atoms with van der Waals surface area (Å²) in [5, 5.41) is 11.5. The molecule has 1 N–H and O–H groups in total. The van der Waals surface area contributed by atoms with Crippen LogP contribution >= 0.6 is 0 Å². The third kappa shape index (κ3) is 3.12. The van der Waals surface area contributed by atoms with Gasteiger partial charge in [-0.05, 0) is 36.4 Å². The maximum Gasteiger partial charge on any atom is 0.255 e. The van der Waals surface area contributed by atoms with E-state index < -0.39 is 0 Å². The van der Waals surface area contributed by atoms with Gasteiger partial charge in [0, 0.05) is 37.2 Å². The number of amides is 1. The van der Waals surface area contributed by atoms with E-state index in [0.29, 0.717) is 11.3 Å². The van der Waals surface area contributed by atoms with E-state index >= 15 is 0 Å². The van der Waals surface area contributed by atoms with Crippen LogP contribution in [0.2, 0.25) is 0 Å². The molecule has 0 radical (unpaired) electrons. The molecular weight excluding hydrogens is 252 g/mol. The number of benzene rings is 1. The number of anilines is 2. The molecular formula is C15H14N4O. The van der Waals surface area contributed by atoms with Crippen LogP contribution in [0.1, 0.15) is 16.1 Å². The van der Waals surface area contributed by atoms with E-state index in [2.05, 4.69) is 10.3 Å². The minimum absolute atomic E-state index is 0.223. The Balaban J connectivity index is 2.13. The molecule has 100 valence electrons. The molecule has 20 heavy (non-hydrogen) atoms. The van der Waals surface area contributed by atoms with Crippen molar-refractivity contribution in [2.75, 3.05) is 24.3 Å². The van der Waals surface area contributed by atoms with Crippen LogP contribution in [0, 0.1) is 11.3 Å². The van der Waals surface area contributed by atoms with Crippen LogP contribution in [0.3, 0.4) is 0 Å². The average molecular weight is 266 g/mol. The first-order valence-electron chi connectivity index (χ1n) is 6.05. The minimum atomic E-state index is -0.262. The lowest BCUT2D eigenvalue weighted by atomic mass is 10.2. The number of rotatable bonds is 3. The zero-order valence-corrected chi connectivity index (χ0v) is 11.3. The summed E-state index contributed by atoms with van der Waals surface area (Å²) in [6.07, 6.45) is 1.45. The van der Waals surface area contributed by atoms with E-state index in [1.54, 1.807) is 6.07 Å². The van der Waals surface area contributed by atoms with E-state index in [-0.39, 0.29) is 11.6 Å². The predicted octanol–water partition coefficient (Wildman–Crippen LogP) is 2.27. The lowest BCUT2D eigenvalue weighted by Crippen LogP contribution is -2.13. The molecule has 0 aliphatic rings. The van der Waals surface area contributed by atoms with Gasteiger partial charge < -0.3 is 10.2 Å². The molecule has 0 spiro atoms. The number of nitrogens with one attached hydrogen (secondary N) is 1. The predicted molar refractivity (Wildman–Crippen MR) is 77.7 cm³/mol.